The van der Waals surface area contributed by atoms with E-state index in [2.05, 4.69) is 21.2 Å². The largest absolute Gasteiger partial charge is 0.326 e. The molecule has 0 aliphatic heterocycles. The number of rotatable bonds is 2. The second-order valence-electron chi connectivity index (χ2n) is 2.60. The van der Waals surface area contributed by atoms with E-state index in [0.29, 0.717) is 0 Å². The molecule has 1 aromatic rings. The fraction of sp³-hybridized carbons (Fsp3) is 0.100. The summed E-state index contributed by atoms with van der Waals surface area (Å²) in [5.41, 5.74) is 1.91. The molecule has 0 spiro atoms. The molecule has 0 radical (unpaired) electrons. The lowest BCUT2D eigenvalue weighted by molar-refractivity contribution is -0.114. The smallest absolute Gasteiger partial charge is 0.221 e. The number of benzene rings is 1. The summed E-state index contributed by atoms with van der Waals surface area (Å²) in [6.07, 6.45) is 1.93. The maximum absolute atomic E-state index is 10.7. The number of carbonyl (C=O) groups is 1. The molecule has 1 N–H and O–H groups in total. The summed E-state index contributed by atoms with van der Waals surface area (Å²) in [6.45, 7) is 1.49. The van der Waals surface area contributed by atoms with Crippen LogP contribution in [0, 0.1) is 0 Å². The van der Waals surface area contributed by atoms with Crippen LogP contribution in [0.1, 0.15) is 12.5 Å². The van der Waals surface area contributed by atoms with Crippen molar-refractivity contribution in [2.75, 3.05) is 5.32 Å². The van der Waals surface area contributed by atoms with Crippen LogP contribution in [0.15, 0.2) is 29.3 Å². The van der Waals surface area contributed by atoms with Gasteiger partial charge in [0.1, 0.15) is 0 Å². The number of anilines is 1. The first-order valence-electron chi connectivity index (χ1n) is 3.87. The Hall–Kier alpha value is -1.09. The highest BCUT2D eigenvalue weighted by Crippen LogP contribution is 2.10. The minimum atomic E-state index is -0.0521. The van der Waals surface area contributed by atoms with Gasteiger partial charge in [-0.25, -0.2) is 0 Å². The zero-order valence-corrected chi connectivity index (χ0v) is 8.84. The maximum atomic E-state index is 10.7. The van der Waals surface area contributed by atoms with Gasteiger partial charge in [0.25, 0.3) is 0 Å². The molecule has 0 heterocycles. The maximum Gasteiger partial charge on any atom is 0.221 e. The fourth-order valence-corrected chi connectivity index (χ4v) is 1.26. The summed E-state index contributed by atoms with van der Waals surface area (Å²) >= 11 is 3.19. The number of hydrogen-bond acceptors (Lipinski definition) is 1. The normalized spacial score (nSPS) is 10.3. The SMILES string of the molecule is CC(=O)Nc1ccc(C=CBr)cc1. The third-order valence-corrected chi connectivity index (χ3v) is 1.75. The van der Waals surface area contributed by atoms with Gasteiger partial charge in [0.15, 0.2) is 0 Å². The van der Waals surface area contributed by atoms with E-state index >= 15 is 0 Å². The van der Waals surface area contributed by atoms with Gasteiger partial charge >= 0.3 is 0 Å². The summed E-state index contributed by atoms with van der Waals surface area (Å²) < 4.78 is 0. The Morgan fingerprint density at radius 3 is 2.46 bits per heavy atom. The van der Waals surface area contributed by atoms with Gasteiger partial charge in [-0.05, 0) is 28.8 Å². The molecule has 0 atom stereocenters. The van der Waals surface area contributed by atoms with Crippen LogP contribution in [-0.2, 0) is 4.79 Å². The van der Waals surface area contributed by atoms with Crippen LogP contribution in [-0.4, -0.2) is 5.91 Å². The molecule has 0 aliphatic carbocycles. The van der Waals surface area contributed by atoms with Crippen LogP contribution >= 0.6 is 15.9 Å². The van der Waals surface area contributed by atoms with E-state index in [1.165, 1.54) is 6.92 Å². The third kappa shape index (κ3) is 3.42. The molecule has 2 nitrogen and oxygen atoms in total. The van der Waals surface area contributed by atoms with Crippen LogP contribution in [0.25, 0.3) is 6.08 Å². The number of hydrogen-bond donors (Lipinski definition) is 1. The molecular formula is C10H10BrNO. The average Bonchev–Trinajstić information content (AvgIpc) is 2.08. The monoisotopic (exact) mass is 239 g/mol. The van der Waals surface area contributed by atoms with E-state index in [1.807, 2.05) is 30.3 Å². The molecule has 0 bridgehead atoms. The predicted molar refractivity (Wildman–Crippen MR) is 58.7 cm³/mol. The Balaban J connectivity index is 2.75. The molecule has 0 saturated carbocycles. The van der Waals surface area contributed by atoms with Gasteiger partial charge < -0.3 is 5.32 Å². The third-order valence-electron chi connectivity index (χ3n) is 1.49. The van der Waals surface area contributed by atoms with Crippen molar-refractivity contribution in [3.05, 3.63) is 34.8 Å². The Bertz CT molecular complexity index is 316. The minimum Gasteiger partial charge on any atom is -0.326 e. The first kappa shape index (κ1) is 9.99. The van der Waals surface area contributed by atoms with Crippen LogP contribution in [0.5, 0.6) is 0 Å². The van der Waals surface area contributed by atoms with Gasteiger partial charge in [-0.2, -0.15) is 0 Å². The van der Waals surface area contributed by atoms with Crippen LogP contribution < -0.4 is 5.32 Å². The Morgan fingerprint density at radius 2 is 2.00 bits per heavy atom. The molecule has 0 saturated heterocycles. The van der Waals surface area contributed by atoms with Crippen LogP contribution in [0.3, 0.4) is 0 Å². The van der Waals surface area contributed by atoms with Gasteiger partial charge in [-0.1, -0.05) is 28.1 Å². The summed E-state index contributed by atoms with van der Waals surface area (Å²) in [4.78, 5) is 12.5. The average molecular weight is 240 g/mol. The molecule has 13 heavy (non-hydrogen) atoms. The van der Waals surface area contributed by atoms with Crippen molar-refractivity contribution in [2.45, 2.75) is 6.92 Å². The number of amides is 1. The van der Waals surface area contributed by atoms with Crippen molar-refractivity contribution in [3.8, 4) is 0 Å². The highest BCUT2D eigenvalue weighted by atomic mass is 79.9. The van der Waals surface area contributed by atoms with Gasteiger partial charge in [-0.3, -0.25) is 4.79 Å². The molecular weight excluding hydrogens is 230 g/mol. The molecule has 1 aromatic carbocycles. The Kier molecular flexibility index (Phi) is 3.71. The quantitative estimate of drug-likeness (QED) is 0.845. The minimum absolute atomic E-state index is 0.0521. The van der Waals surface area contributed by atoms with Crippen LogP contribution in [0.2, 0.25) is 0 Å². The van der Waals surface area contributed by atoms with Gasteiger partial charge in [0.2, 0.25) is 5.91 Å². The van der Waals surface area contributed by atoms with Crippen molar-refractivity contribution in [2.24, 2.45) is 0 Å². The highest BCUT2D eigenvalue weighted by molar-refractivity contribution is 9.11. The molecule has 1 amide bonds. The second kappa shape index (κ2) is 4.82. The summed E-state index contributed by atoms with van der Waals surface area (Å²) in [5.74, 6) is -0.0521. The van der Waals surface area contributed by atoms with Crippen molar-refractivity contribution < 1.29 is 4.79 Å². The Morgan fingerprint density at radius 1 is 1.38 bits per heavy atom. The van der Waals surface area contributed by atoms with Crippen molar-refractivity contribution >= 4 is 33.6 Å². The van der Waals surface area contributed by atoms with E-state index < -0.39 is 0 Å². The topological polar surface area (TPSA) is 29.1 Å². The predicted octanol–water partition coefficient (Wildman–Crippen LogP) is 3.01. The van der Waals surface area contributed by atoms with Crippen molar-refractivity contribution in [1.82, 2.24) is 0 Å². The number of halogens is 1. The van der Waals surface area contributed by atoms with Gasteiger partial charge in [0, 0.05) is 12.6 Å². The highest BCUT2D eigenvalue weighted by Gasteiger charge is 1.93. The molecule has 0 aliphatic rings. The first-order valence-corrected chi connectivity index (χ1v) is 4.78. The zero-order valence-electron chi connectivity index (χ0n) is 7.25. The standard InChI is InChI=1S/C10H10BrNO/c1-8(13)12-10-4-2-9(3-5-10)6-7-11/h2-7H,1H3,(H,12,13). The Labute approximate surface area is 85.8 Å². The lowest BCUT2D eigenvalue weighted by Gasteiger charge is -2.01. The first-order chi connectivity index (χ1) is 6.22. The van der Waals surface area contributed by atoms with E-state index in [0.717, 1.165) is 11.3 Å². The summed E-state index contributed by atoms with van der Waals surface area (Å²) in [7, 11) is 0. The van der Waals surface area contributed by atoms with E-state index in [4.69, 9.17) is 0 Å². The van der Waals surface area contributed by atoms with Crippen molar-refractivity contribution in [1.29, 1.82) is 0 Å². The number of nitrogens with one attached hydrogen (secondary N) is 1. The van der Waals surface area contributed by atoms with E-state index in [9.17, 15) is 4.79 Å². The van der Waals surface area contributed by atoms with E-state index in [1.54, 1.807) is 4.99 Å². The van der Waals surface area contributed by atoms with Crippen LogP contribution in [0.4, 0.5) is 5.69 Å². The summed E-state index contributed by atoms with van der Waals surface area (Å²) in [5, 5.41) is 2.70. The molecule has 1 rings (SSSR count). The summed E-state index contributed by atoms with van der Waals surface area (Å²) in [6, 6.07) is 7.60. The van der Waals surface area contributed by atoms with Crippen molar-refractivity contribution in [3.63, 3.8) is 0 Å². The molecule has 0 aromatic heterocycles. The lowest BCUT2D eigenvalue weighted by atomic mass is 10.2. The van der Waals surface area contributed by atoms with Gasteiger partial charge in [-0.15, -0.1) is 0 Å². The lowest BCUT2D eigenvalue weighted by Crippen LogP contribution is -2.05. The van der Waals surface area contributed by atoms with E-state index in [-0.39, 0.29) is 5.91 Å². The fourth-order valence-electron chi connectivity index (χ4n) is 0.954. The second-order valence-corrected chi connectivity index (χ2v) is 3.12. The molecule has 68 valence electrons. The van der Waals surface area contributed by atoms with Gasteiger partial charge in [0.05, 0.1) is 0 Å². The number of carbonyl (C=O) groups excluding carboxylic acids is 1. The molecule has 0 fully saturated rings. The zero-order chi connectivity index (χ0) is 9.68. The molecule has 3 heteroatoms. The molecule has 0 unspecified atom stereocenters.